The van der Waals surface area contributed by atoms with Crippen LogP contribution in [0.4, 0.5) is 5.69 Å². The normalized spacial score (nSPS) is 12.3. The molecule has 6 nitrogen and oxygen atoms in total. The van der Waals surface area contributed by atoms with E-state index in [2.05, 4.69) is 13.8 Å². The quantitative estimate of drug-likeness (QED) is 0.0576. The Bertz CT molecular complexity index is 1380. The molecule has 0 unspecified atom stereocenters. The molecule has 0 aliphatic carbocycles. The van der Waals surface area contributed by atoms with Crippen molar-refractivity contribution >= 4 is 25.6 Å². The maximum absolute atomic E-state index is 14.4. The Morgan fingerprint density at radius 2 is 0.979 bits per heavy atom. The fourth-order valence-electron chi connectivity index (χ4n) is 6.61. The fraction of sp³-hybridized carbons (Fsp3) is 0.692. The molecule has 2 rings (SSSR count). The molecule has 0 heterocycles. The van der Waals surface area contributed by atoms with E-state index < -0.39 is 20.0 Å². The van der Waals surface area contributed by atoms with E-state index >= 15 is 0 Å². The summed E-state index contributed by atoms with van der Waals surface area (Å²) in [5, 5.41) is 0. The first-order valence-electron chi connectivity index (χ1n) is 18.7. The number of nitrogens with two attached hydrogens (primary N) is 1. The summed E-state index contributed by atoms with van der Waals surface area (Å²) < 4.78 is 64.9. The number of unbranched alkanes of at least 4 members (excludes halogenated alkanes) is 18. The Morgan fingerprint density at radius 3 is 1.36 bits per heavy atom. The third-order valence-electron chi connectivity index (χ3n) is 9.40. The molecular formula is C39H65NO5S2. The fourth-order valence-corrected chi connectivity index (χ4v) is 9.31. The Kier molecular flexibility index (Phi) is 19.3. The minimum Gasteiger partial charge on any atom is -0.399 e. The minimum absolute atomic E-state index is 0.129. The highest BCUT2D eigenvalue weighted by molar-refractivity contribution is 7.91. The molecule has 0 fully saturated rings. The molecule has 268 valence electrons. The van der Waals surface area contributed by atoms with Gasteiger partial charge in [-0.3, -0.25) is 4.55 Å². The summed E-state index contributed by atoms with van der Waals surface area (Å²) >= 11 is 0. The molecular weight excluding hydrogens is 627 g/mol. The summed E-state index contributed by atoms with van der Waals surface area (Å²) in [7, 11) is -8.56. The summed E-state index contributed by atoms with van der Waals surface area (Å²) in [6, 6.07) is 7.65. The summed E-state index contributed by atoms with van der Waals surface area (Å²) in [4.78, 5) is 0.223. The molecule has 3 N–H and O–H groups in total. The maximum Gasteiger partial charge on any atom is 0.294 e. The Morgan fingerprint density at radius 1 is 0.596 bits per heavy atom. The number of hydrogen-bond donors (Lipinski definition) is 2. The van der Waals surface area contributed by atoms with Crippen molar-refractivity contribution in [2.24, 2.45) is 0 Å². The van der Waals surface area contributed by atoms with Gasteiger partial charge in [-0.2, -0.15) is 8.42 Å². The molecule has 0 radical (unpaired) electrons. The molecule has 0 atom stereocenters. The third kappa shape index (κ3) is 14.2. The number of nitrogen functional groups attached to an aromatic ring is 1. The van der Waals surface area contributed by atoms with Gasteiger partial charge in [0.05, 0.1) is 14.7 Å². The van der Waals surface area contributed by atoms with Crippen molar-refractivity contribution in [3.63, 3.8) is 0 Å². The highest BCUT2D eigenvalue weighted by atomic mass is 32.2. The smallest absolute Gasteiger partial charge is 0.294 e. The van der Waals surface area contributed by atoms with Gasteiger partial charge < -0.3 is 5.73 Å². The second kappa shape index (κ2) is 21.9. The summed E-state index contributed by atoms with van der Waals surface area (Å²) in [6.07, 6.45) is 23.8. The van der Waals surface area contributed by atoms with Gasteiger partial charge in [-0.1, -0.05) is 143 Å². The molecule has 8 heteroatoms. The Balaban J connectivity index is 2.38. The van der Waals surface area contributed by atoms with E-state index in [9.17, 15) is 21.4 Å². The van der Waals surface area contributed by atoms with Gasteiger partial charge in [-0.25, -0.2) is 8.42 Å². The van der Waals surface area contributed by atoms with Crippen molar-refractivity contribution in [3.8, 4) is 0 Å². The van der Waals surface area contributed by atoms with E-state index in [1.807, 2.05) is 13.8 Å². The van der Waals surface area contributed by atoms with Crippen LogP contribution >= 0.6 is 0 Å². The van der Waals surface area contributed by atoms with Crippen LogP contribution in [-0.4, -0.2) is 21.4 Å². The summed E-state index contributed by atoms with van der Waals surface area (Å²) in [5.74, 6) is -0.271. The van der Waals surface area contributed by atoms with Crippen LogP contribution in [-0.2, 0) is 32.8 Å². The van der Waals surface area contributed by atoms with Gasteiger partial charge in [0.15, 0.2) is 0 Å². The van der Waals surface area contributed by atoms with Crippen molar-refractivity contribution in [3.05, 3.63) is 47.0 Å². The van der Waals surface area contributed by atoms with E-state index in [1.54, 1.807) is 12.1 Å². The van der Waals surface area contributed by atoms with Crippen LogP contribution < -0.4 is 5.73 Å². The minimum atomic E-state index is -4.57. The van der Waals surface area contributed by atoms with Crippen LogP contribution in [0.25, 0.3) is 0 Å². The summed E-state index contributed by atoms with van der Waals surface area (Å²) in [6.45, 7) is 8.20. The molecule has 0 aliphatic rings. The lowest BCUT2D eigenvalue weighted by Crippen LogP contribution is -2.17. The second-order valence-corrected chi connectivity index (χ2v) is 17.1. The predicted octanol–water partition coefficient (Wildman–Crippen LogP) is 11.4. The molecule has 0 spiro atoms. The van der Waals surface area contributed by atoms with Gasteiger partial charge in [-0.15, -0.1) is 0 Å². The van der Waals surface area contributed by atoms with Crippen molar-refractivity contribution in [2.75, 3.05) is 5.73 Å². The summed E-state index contributed by atoms with van der Waals surface area (Å²) in [5.41, 5.74) is 7.84. The molecule has 2 aromatic rings. The Labute approximate surface area is 288 Å². The number of anilines is 1. The van der Waals surface area contributed by atoms with Gasteiger partial charge in [0.25, 0.3) is 10.1 Å². The standard InChI is InChI=1S/C39H65NO5S2/c1-5-7-9-11-13-15-17-19-21-23-25-35-36(26-24-22-20-18-16-14-12-10-8-6-2)39(37(32(3)4)31-38(35)47(43,44)45)46(41,42)34-29-27-33(40)28-30-34/h27-32H,5-26,40H2,1-4H3,(H,43,44,45). The number of rotatable bonds is 26. The van der Waals surface area contributed by atoms with Gasteiger partial charge in [0.1, 0.15) is 0 Å². The van der Waals surface area contributed by atoms with Crippen LogP contribution in [0.15, 0.2) is 45.0 Å². The maximum atomic E-state index is 14.4. The van der Waals surface area contributed by atoms with Crippen LogP contribution in [0.3, 0.4) is 0 Å². The molecule has 0 amide bonds. The van der Waals surface area contributed by atoms with E-state index in [1.165, 1.54) is 95.2 Å². The lowest BCUT2D eigenvalue weighted by molar-refractivity contribution is 0.480. The number of hydrogen-bond acceptors (Lipinski definition) is 5. The first-order valence-corrected chi connectivity index (χ1v) is 21.6. The number of benzene rings is 2. The van der Waals surface area contributed by atoms with E-state index in [0.29, 0.717) is 35.2 Å². The molecule has 0 saturated carbocycles. The number of sulfone groups is 1. The van der Waals surface area contributed by atoms with E-state index in [0.717, 1.165) is 51.4 Å². The molecule has 2 aromatic carbocycles. The van der Waals surface area contributed by atoms with Crippen molar-refractivity contribution in [2.45, 2.75) is 190 Å². The van der Waals surface area contributed by atoms with Crippen LogP contribution in [0.1, 0.15) is 179 Å². The van der Waals surface area contributed by atoms with Gasteiger partial charge in [-0.05, 0) is 78.6 Å². The predicted molar refractivity (Wildman–Crippen MR) is 198 cm³/mol. The van der Waals surface area contributed by atoms with Gasteiger partial charge in [0, 0.05) is 5.69 Å². The average molecular weight is 692 g/mol. The average Bonchev–Trinajstić information content (AvgIpc) is 3.02. The van der Waals surface area contributed by atoms with E-state index in [-0.39, 0.29) is 20.6 Å². The van der Waals surface area contributed by atoms with Crippen molar-refractivity contribution < 1.29 is 21.4 Å². The topological polar surface area (TPSA) is 115 Å². The molecule has 0 aliphatic heterocycles. The van der Waals surface area contributed by atoms with Crippen LogP contribution in [0.2, 0.25) is 0 Å². The van der Waals surface area contributed by atoms with E-state index in [4.69, 9.17) is 5.73 Å². The monoisotopic (exact) mass is 691 g/mol. The second-order valence-electron chi connectivity index (χ2n) is 13.8. The lowest BCUT2D eigenvalue weighted by atomic mass is 9.91. The zero-order valence-corrected chi connectivity index (χ0v) is 31.6. The van der Waals surface area contributed by atoms with Gasteiger partial charge in [0.2, 0.25) is 9.84 Å². The van der Waals surface area contributed by atoms with Crippen molar-refractivity contribution in [1.29, 1.82) is 0 Å². The zero-order chi connectivity index (χ0) is 34.7. The molecule has 0 bridgehead atoms. The first kappa shape index (κ1) is 41.3. The molecule has 0 aromatic heterocycles. The highest BCUT2D eigenvalue weighted by Crippen LogP contribution is 2.39. The zero-order valence-electron chi connectivity index (χ0n) is 30.0. The highest BCUT2D eigenvalue weighted by Gasteiger charge is 2.32. The van der Waals surface area contributed by atoms with Crippen molar-refractivity contribution in [1.82, 2.24) is 0 Å². The molecule has 0 saturated heterocycles. The molecule has 47 heavy (non-hydrogen) atoms. The van der Waals surface area contributed by atoms with Crippen LogP contribution in [0, 0.1) is 0 Å². The van der Waals surface area contributed by atoms with Crippen LogP contribution in [0.5, 0.6) is 0 Å². The third-order valence-corrected chi connectivity index (χ3v) is 12.2. The first-order chi connectivity index (χ1) is 22.4. The SMILES string of the molecule is CCCCCCCCCCCCc1c(S(=O)(=O)O)cc(C(C)C)c(S(=O)(=O)c2ccc(N)cc2)c1CCCCCCCCCCCC. The Hall–Kier alpha value is -1.90. The van der Waals surface area contributed by atoms with Gasteiger partial charge >= 0.3 is 0 Å². The largest absolute Gasteiger partial charge is 0.399 e. The lowest BCUT2D eigenvalue weighted by Gasteiger charge is -2.23.